The van der Waals surface area contributed by atoms with Gasteiger partial charge in [-0.15, -0.1) is 0 Å². The summed E-state index contributed by atoms with van der Waals surface area (Å²) in [7, 11) is 0. The van der Waals surface area contributed by atoms with Crippen molar-refractivity contribution < 1.29 is 4.79 Å². The summed E-state index contributed by atoms with van der Waals surface area (Å²) in [5, 5.41) is 2.83. The van der Waals surface area contributed by atoms with Gasteiger partial charge in [-0.2, -0.15) is 0 Å². The number of fused-ring (bicyclic) bond motifs is 1. The first kappa shape index (κ1) is 14.4. The standard InChI is InChI=1S/C15H22N4O/c1-5-17-13(20)9-19-12-7-6-10(16)8-11(12)18-14(19)15(2,3)4/h6-8H,5,9,16H2,1-4H3,(H,17,20). The summed E-state index contributed by atoms with van der Waals surface area (Å²) in [6, 6.07) is 5.61. The molecule has 0 bridgehead atoms. The number of nitrogen functional groups attached to an aromatic ring is 1. The third-order valence-electron chi connectivity index (χ3n) is 3.12. The van der Waals surface area contributed by atoms with E-state index in [-0.39, 0.29) is 17.9 Å². The van der Waals surface area contributed by atoms with Crippen molar-refractivity contribution in [2.75, 3.05) is 12.3 Å². The van der Waals surface area contributed by atoms with Crippen molar-refractivity contribution in [3.05, 3.63) is 24.0 Å². The van der Waals surface area contributed by atoms with Crippen LogP contribution >= 0.6 is 0 Å². The van der Waals surface area contributed by atoms with E-state index in [1.54, 1.807) is 0 Å². The van der Waals surface area contributed by atoms with Gasteiger partial charge in [0.15, 0.2) is 0 Å². The minimum atomic E-state index is -0.139. The molecule has 0 fully saturated rings. The highest BCUT2D eigenvalue weighted by molar-refractivity contribution is 5.83. The SMILES string of the molecule is CCNC(=O)Cn1c(C(C)(C)C)nc2cc(N)ccc21. The lowest BCUT2D eigenvalue weighted by molar-refractivity contribution is -0.121. The Labute approximate surface area is 119 Å². The topological polar surface area (TPSA) is 72.9 Å². The number of carbonyl (C=O) groups is 1. The van der Waals surface area contributed by atoms with Gasteiger partial charge in [0.05, 0.1) is 11.0 Å². The van der Waals surface area contributed by atoms with Gasteiger partial charge >= 0.3 is 0 Å². The quantitative estimate of drug-likeness (QED) is 0.841. The van der Waals surface area contributed by atoms with E-state index in [4.69, 9.17) is 5.73 Å². The van der Waals surface area contributed by atoms with E-state index < -0.39 is 0 Å². The molecule has 108 valence electrons. The monoisotopic (exact) mass is 274 g/mol. The Morgan fingerprint density at radius 1 is 1.40 bits per heavy atom. The second-order valence-corrected chi connectivity index (χ2v) is 5.97. The Bertz CT molecular complexity index is 637. The Morgan fingerprint density at radius 3 is 2.70 bits per heavy atom. The molecular formula is C15H22N4O. The summed E-state index contributed by atoms with van der Waals surface area (Å²) in [4.78, 5) is 16.6. The van der Waals surface area contributed by atoms with E-state index in [0.717, 1.165) is 16.9 Å². The van der Waals surface area contributed by atoms with E-state index in [0.29, 0.717) is 12.2 Å². The predicted molar refractivity (Wildman–Crippen MR) is 81.5 cm³/mol. The van der Waals surface area contributed by atoms with Crippen LogP contribution in [0.1, 0.15) is 33.5 Å². The number of amides is 1. The van der Waals surface area contributed by atoms with Gasteiger partial charge in [-0.25, -0.2) is 4.98 Å². The van der Waals surface area contributed by atoms with Crippen molar-refractivity contribution in [3.8, 4) is 0 Å². The maximum Gasteiger partial charge on any atom is 0.239 e. The second-order valence-electron chi connectivity index (χ2n) is 5.97. The minimum Gasteiger partial charge on any atom is -0.399 e. The number of benzene rings is 1. The van der Waals surface area contributed by atoms with Crippen molar-refractivity contribution in [3.63, 3.8) is 0 Å². The fraction of sp³-hybridized carbons (Fsp3) is 0.467. The van der Waals surface area contributed by atoms with Gasteiger partial charge in [0.25, 0.3) is 0 Å². The molecule has 0 atom stereocenters. The molecule has 0 saturated carbocycles. The molecule has 20 heavy (non-hydrogen) atoms. The van der Waals surface area contributed by atoms with Crippen LogP contribution in [0.5, 0.6) is 0 Å². The van der Waals surface area contributed by atoms with Gasteiger partial charge in [-0.05, 0) is 25.1 Å². The van der Waals surface area contributed by atoms with Gasteiger partial charge in [0.1, 0.15) is 12.4 Å². The number of nitrogens with one attached hydrogen (secondary N) is 1. The van der Waals surface area contributed by atoms with Gasteiger partial charge in [-0.1, -0.05) is 20.8 Å². The van der Waals surface area contributed by atoms with Crippen molar-refractivity contribution in [2.45, 2.75) is 39.7 Å². The van der Waals surface area contributed by atoms with Crippen LogP contribution in [0.15, 0.2) is 18.2 Å². The molecule has 5 heteroatoms. The molecule has 1 aromatic heterocycles. The highest BCUT2D eigenvalue weighted by Crippen LogP contribution is 2.27. The predicted octanol–water partition coefficient (Wildman–Crippen LogP) is 2.05. The van der Waals surface area contributed by atoms with Crippen molar-refractivity contribution in [1.82, 2.24) is 14.9 Å². The second kappa shape index (κ2) is 5.15. The van der Waals surface area contributed by atoms with Crippen LogP contribution < -0.4 is 11.1 Å². The number of hydrogen-bond acceptors (Lipinski definition) is 3. The number of nitrogens with zero attached hydrogens (tertiary/aromatic N) is 2. The molecule has 0 aliphatic carbocycles. The van der Waals surface area contributed by atoms with E-state index >= 15 is 0 Å². The van der Waals surface area contributed by atoms with Crippen molar-refractivity contribution in [1.29, 1.82) is 0 Å². The first-order valence-corrected chi connectivity index (χ1v) is 6.86. The molecule has 1 heterocycles. The number of likely N-dealkylation sites (N-methyl/N-ethyl adjacent to an activating group) is 1. The fourth-order valence-electron chi connectivity index (χ4n) is 2.28. The number of aromatic nitrogens is 2. The third-order valence-corrected chi connectivity index (χ3v) is 3.12. The van der Waals surface area contributed by atoms with E-state index in [9.17, 15) is 4.79 Å². The van der Waals surface area contributed by atoms with Crippen molar-refractivity contribution in [2.24, 2.45) is 0 Å². The summed E-state index contributed by atoms with van der Waals surface area (Å²) in [5.74, 6) is 0.887. The molecule has 5 nitrogen and oxygen atoms in total. The lowest BCUT2D eigenvalue weighted by Gasteiger charge is -2.19. The Hall–Kier alpha value is -2.04. The van der Waals surface area contributed by atoms with E-state index in [1.807, 2.05) is 29.7 Å². The molecule has 0 spiro atoms. The minimum absolute atomic E-state index is 0.00544. The molecule has 0 aliphatic rings. The summed E-state index contributed by atoms with van der Waals surface area (Å²) < 4.78 is 1.97. The summed E-state index contributed by atoms with van der Waals surface area (Å²) in [6.07, 6.45) is 0. The summed E-state index contributed by atoms with van der Waals surface area (Å²) >= 11 is 0. The highest BCUT2D eigenvalue weighted by atomic mass is 16.1. The van der Waals surface area contributed by atoms with E-state index in [2.05, 4.69) is 31.1 Å². The molecule has 0 unspecified atom stereocenters. The Morgan fingerprint density at radius 2 is 2.10 bits per heavy atom. The molecule has 3 N–H and O–H groups in total. The first-order chi connectivity index (χ1) is 9.32. The maximum absolute atomic E-state index is 11.9. The molecule has 0 radical (unpaired) electrons. The molecular weight excluding hydrogens is 252 g/mol. The zero-order valence-corrected chi connectivity index (χ0v) is 12.5. The van der Waals surface area contributed by atoms with E-state index in [1.165, 1.54) is 0 Å². The highest BCUT2D eigenvalue weighted by Gasteiger charge is 2.23. The number of carbonyl (C=O) groups excluding carboxylic acids is 1. The number of nitrogens with two attached hydrogens (primary N) is 1. The smallest absolute Gasteiger partial charge is 0.239 e. The lowest BCUT2D eigenvalue weighted by atomic mass is 9.95. The van der Waals surface area contributed by atoms with Gasteiger partial charge in [0.2, 0.25) is 5.91 Å². The van der Waals surface area contributed by atoms with Crippen LogP contribution in [0.3, 0.4) is 0 Å². The number of imidazole rings is 1. The molecule has 1 aromatic carbocycles. The van der Waals surface area contributed by atoms with Crippen molar-refractivity contribution >= 4 is 22.6 Å². The first-order valence-electron chi connectivity index (χ1n) is 6.86. The van der Waals surface area contributed by atoms with Crippen LogP contribution in [0, 0.1) is 0 Å². The largest absolute Gasteiger partial charge is 0.399 e. The Balaban J connectivity index is 2.56. The van der Waals surface area contributed by atoms with Crippen LogP contribution in [-0.4, -0.2) is 22.0 Å². The van der Waals surface area contributed by atoms with Gasteiger partial charge in [0, 0.05) is 17.6 Å². The zero-order chi connectivity index (χ0) is 14.9. The average molecular weight is 274 g/mol. The fourth-order valence-corrected chi connectivity index (χ4v) is 2.28. The molecule has 2 rings (SSSR count). The molecule has 1 amide bonds. The normalized spacial score (nSPS) is 11.8. The zero-order valence-electron chi connectivity index (χ0n) is 12.5. The summed E-state index contributed by atoms with van der Waals surface area (Å²) in [6.45, 7) is 9.09. The number of rotatable bonds is 3. The Kier molecular flexibility index (Phi) is 3.70. The molecule has 0 saturated heterocycles. The van der Waals surface area contributed by atoms with Crippen LogP contribution in [0.4, 0.5) is 5.69 Å². The maximum atomic E-state index is 11.9. The van der Waals surface area contributed by atoms with Crippen LogP contribution in [0.2, 0.25) is 0 Å². The van der Waals surface area contributed by atoms with Gasteiger partial charge in [-0.3, -0.25) is 4.79 Å². The number of anilines is 1. The average Bonchev–Trinajstić information content (AvgIpc) is 2.67. The number of hydrogen-bond donors (Lipinski definition) is 2. The lowest BCUT2D eigenvalue weighted by Crippen LogP contribution is -2.29. The van der Waals surface area contributed by atoms with Crippen LogP contribution in [-0.2, 0) is 16.8 Å². The van der Waals surface area contributed by atoms with Crippen LogP contribution in [0.25, 0.3) is 11.0 Å². The van der Waals surface area contributed by atoms with Gasteiger partial charge < -0.3 is 15.6 Å². The molecule has 2 aromatic rings. The molecule has 0 aliphatic heterocycles. The third kappa shape index (κ3) is 2.76. The summed E-state index contributed by atoms with van der Waals surface area (Å²) in [5.41, 5.74) is 8.13.